The van der Waals surface area contributed by atoms with Crippen molar-refractivity contribution in [2.24, 2.45) is 11.7 Å². The Morgan fingerprint density at radius 1 is 1.25 bits per heavy atom. The van der Waals surface area contributed by atoms with Crippen molar-refractivity contribution in [2.75, 3.05) is 19.6 Å². The number of hydrogen-bond donors (Lipinski definition) is 1. The number of nitrogens with zero attached hydrogens (tertiary/aromatic N) is 1. The molecule has 1 aliphatic rings. The van der Waals surface area contributed by atoms with Crippen LogP contribution in [0.2, 0.25) is 0 Å². The third kappa shape index (κ3) is 3.08. The molecule has 114 valence electrons. The number of rotatable bonds is 3. The molecule has 0 amide bonds. The van der Waals surface area contributed by atoms with Crippen molar-refractivity contribution >= 4 is 22.4 Å². The molecule has 1 atom stereocenters. The van der Waals surface area contributed by atoms with Gasteiger partial charge in [0.15, 0.2) is 4.90 Å². The molecule has 0 aromatic heterocycles. The van der Waals surface area contributed by atoms with Gasteiger partial charge in [0.1, 0.15) is 17.5 Å². The Balaban J connectivity index is 0.00000200. The highest BCUT2D eigenvalue weighted by Crippen LogP contribution is 2.27. The first-order valence-corrected chi connectivity index (χ1v) is 7.15. The van der Waals surface area contributed by atoms with Crippen LogP contribution in [0.4, 0.5) is 13.2 Å². The maximum Gasteiger partial charge on any atom is 0.248 e. The van der Waals surface area contributed by atoms with Gasteiger partial charge in [-0.15, -0.1) is 12.4 Å². The Morgan fingerprint density at radius 2 is 1.80 bits per heavy atom. The van der Waals surface area contributed by atoms with Gasteiger partial charge in [0, 0.05) is 25.2 Å². The fraction of sp³-hybridized carbons (Fsp3) is 0.455. The van der Waals surface area contributed by atoms with Gasteiger partial charge in [-0.1, -0.05) is 0 Å². The fourth-order valence-corrected chi connectivity index (χ4v) is 3.73. The van der Waals surface area contributed by atoms with E-state index in [1.807, 2.05) is 0 Å². The summed E-state index contributed by atoms with van der Waals surface area (Å²) in [6, 6.07) is 0.707. The predicted octanol–water partition coefficient (Wildman–Crippen LogP) is 1.50. The van der Waals surface area contributed by atoms with E-state index in [1.54, 1.807) is 0 Å². The lowest BCUT2D eigenvalue weighted by atomic mass is 10.1. The van der Waals surface area contributed by atoms with Gasteiger partial charge in [-0.2, -0.15) is 4.31 Å². The fourth-order valence-electron chi connectivity index (χ4n) is 2.11. The summed E-state index contributed by atoms with van der Waals surface area (Å²) in [5, 5.41) is 0. The van der Waals surface area contributed by atoms with E-state index in [2.05, 4.69) is 0 Å². The first kappa shape index (κ1) is 17.2. The molecule has 2 rings (SSSR count). The molecule has 0 spiro atoms. The zero-order valence-corrected chi connectivity index (χ0v) is 12.0. The Kier molecular flexibility index (Phi) is 5.42. The van der Waals surface area contributed by atoms with Gasteiger partial charge < -0.3 is 5.73 Å². The monoisotopic (exact) mass is 330 g/mol. The van der Waals surface area contributed by atoms with Gasteiger partial charge in [0.05, 0.1) is 0 Å². The number of hydrogen-bond acceptors (Lipinski definition) is 3. The second kappa shape index (κ2) is 6.30. The van der Waals surface area contributed by atoms with E-state index in [9.17, 15) is 21.6 Å². The first-order chi connectivity index (χ1) is 8.86. The molecule has 2 N–H and O–H groups in total. The average Bonchev–Trinajstić information content (AvgIpc) is 2.75. The Hall–Kier alpha value is -0.830. The highest BCUT2D eigenvalue weighted by molar-refractivity contribution is 7.89. The van der Waals surface area contributed by atoms with Gasteiger partial charge >= 0.3 is 0 Å². The summed E-state index contributed by atoms with van der Waals surface area (Å²) in [6.07, 6.45) is 0.542. The quantitative estimate of drug-likeness (QED) is 0.913. The van der Waals surface area contributed by atoms with E-state index >= 15 is 0 Å². The first-order valence-electron chi connectivity index (χ1n) is 5.71. The standard InChI is InChI=1S/C11H13F3N2O2S.ClH/c12-8-3-9(13)11(10(14)4-8)19(17,18)16-2-1-7(5-15)6-16;/h3-4,7H,1-2,5-6,15H2;1H. The maximum atomic E-state index is 13.5. The number of halogens is 4. The highest BCUT2D eigenvalue weighted by Gasteiger charge is 2.35. The molecule has 1 saturated heterocycles. The second-order valence-corrected chi connectivity index (χ2v) is 6.33. The number of nitrogens with two attached hydrogens (primary N) is 1. The van der Waals surface area contributed by atoms with Gasteiger partial charge in [-0.25, -0.2) is 21.6 Å². The molecule has 1 heterocycles. The van der Waals surface area contributed by atoms with Crippen molar-refractivity contribution in [3.05, 3.63) is 29.6 Å². The molecule has 20 heavy (non-hydrogen) atoms. The van der Waals surface area contributed by atoms with Crippen molar-refractivity contribution in [1.29, 1.82) is 0 Å². The largest absolute Gasteiger partial charge is 0.330 e. The molecule has 9 heteroatoms. The van der Waals surface area contributed by atoms with Gasteiger partial charge in [0.25, 0.3) is 0 Å². The van der Waals surface area contributed by atoms with E-state index in [0.717, 1.165) is 4.31 Å². The molecule has 1 aliphatic heterocycles. The normalized spacial score (nSPS) is 19.9. The highest BCUT2D eigenvalue weighted by atomic mass is 35.5. The van der Waals surface area contributed by atoms with Crippen LogP contribution in [0.5, 0.6) is 0 Å². The number of benzene rings is 1. The van der Waals surface area contributed by atoms with Crippen LogP contribution in [0.15, 0.2) is 17.0 Å². The molecular weight excluding hydrogens is 317 g/mol. The van der Waals surface area contributed by atoms with Crippen LogP contribution in [0.3, 0.4) is 0 Å². The Bertz CT molecular complexity index is 574. The van der Waals surface area contributed by atoms with Crippen molar-refractivity contribution < 1.29 is 21.6 Å². The third-order valence-electron chi connectivity index (χ3n) is 3.14. The van der Waals surface area contributed by atoms with E-state index < -0.39 is 32.4 Å². The summed E-state index contributed by atoms with van der Waals surface area (Å²) in [5.41, 5.74) is 5.44. The van der Waals surface area contributed by atoms with E-state index in [-0.39, 0.29) is 31.4 Å². The van der Waals surface area contributed by atoms with Crippen LogP contribution in [-0.2, 0) is 10.0 Å². The predicted molar refractivity (Wildman–Crippen MR) is 69.5 cm³/mol. The minimum Gasteiger partial charge on any atom is -0.330 e. The Morgan fingerprint density at radius 3 is 2.25 bits per heavy atom. The lowest BCUT2D eigenvalue weighted by Crippen LogP contribution is -2.31. The molecule has 0 aliphatic carbocycles. The third-order valence-corrected chi connectivity index (χ3v) is 5.06. The average molecular weight is 331 g/mol. The van der Waals surface area contributed by atoms with Gasteiger partial charge in [-0.3, -0.25) is 0 Å². The van der Waals surface area contributed by atoms with E-state index in [4.69, 9.17) is 5.73 Å². The summed E-state index contributed by atoms with van der Waals surface area (Å²) >= 11 is 0. The molecule has 1 aromatic rings. The summed E-state index contributed by atoms with van der Waals surface area (Å²) < 4.78 is 65.1. The molecule has 0 radical (unpaired) electrons. The van der Waals surface area contributed by atoms with E-state index in [1.165, 1.54) is 0 Å². The maximum absolute atomic E-state index is 13.5. The van der Waals surface area contributed by atoms with Gasteiger partial charge in [0.2, 0.25) is 10.0 Å². The molecule has 4 nitrogen and oxygen atoms in total. The van der Waals surface area contributed by atoms with Gasteiger partial charge in [-0.05, 0) is 18.9 Å². The van der Waals surface area contributed by atoms with E-state index in [0.29, 0.717) is 25.1 Å². The van der Waals surface area contributed by atoms with Crippen LogP contribution in [0.25, 0.3) is 0 Å². The van der Waals surface area contributed by atoms with Crippen LogP contribution in [0.1, 0.15) is 6.42 Å². The van der Waals surface area contributed by atoms with Crippen LogP contribution in [-0.4, -0.2) is 32.4 Å². The van der Waals surface area contributed by atoms with Crippen LogP contribution in [0, 0.1) is 23.4 Å². The zero-order valence-electron chi connectivity index (χ0n) is 10.4. The van der Waals surface area contributed by atoms with Crippen molar-refractivity contribution in [1.82, 2.24) is 4.31 Å². The molecule has 0 bridgehead atoms. The Labute approximate surface area is 121 Å². The number of sulfonamides is 1. The second-order valence-electron chi connectivity index (χ2n) is 4.45. The smallest absolute Gasteiger partial charge is 0.248 e. The molecule has 0 saturated carbocycles. The summed E-state index contributed by atoms with van der Waals surface area (Å²) in [5.74, 6) is -4.03. The topological polar surface area (TPSA) is 63.4 Å². The minimum absolute atomic E-state index is 0. The summed E-state index contributed by atoms with van der Waals surface area (Å²) in [4.78, 5) is -1.11. The van der Waals surface area contributed by atoms with Crippen LogP contribution < -0.4 is 5.73 Å². The van der Waals surface area contributed by atoms with Crippen molar-refractivity contribution in [3.8, 4) is 0 Å². The summed E-state index contributed by atoms with van der Waals surface area (Å²) in [7, 11) is -4.30. The van der Waals surface area contributed by atoms with Crippen molar-refractivity contribution in [3.63, 3.8) is 0 Å². The molecular formula is C11H14ClF3N2O2S. The minimum atomic E-state index is -4.30. The van der Waals surface area contributed by atoms with Crippen molar-refractivity contribution in [2.45, 2.75) is 11.3 Å². The molecule has 1 fully saturated rings. The zero-order chi connectivity index (χ0) is 14.2. The summed E-state index contributed by atoms with van der Waals surface area (Å²) in [6.45, 7) is 0.579. The molecule has 1 aromatic carbocycles. The molecule has 1 unspecified atom stereocenters. The lowest BCUT2D eigenvalue weighted by molar-refractivity contribution is 0.439. The van der Waals surface area contributed by atoms with Crippen LogP contribution >= 0.6 is 12.4 Å². The SMILES string of the molecule is Cl.NCC1CCN(S(=O)(=O)c2c(F)cc(F)cc2F)C1. The lowest BCUT2D eigenvalue weighted by Gasteiger charge is -2.17.